The van der Waals surface area contributed by atoms with Crippen LogP contribution in [-0.4, -0.2) is 11.0 Å². The van der Waals surface area contributed by atoms with Crippen molar-refractivity contribution in [1.29, 1.82) is 0 Å². The summed E-state index contributed by atoms with van der Waals surface area (Å²) >= 11 is 3.40. The summed E-state index contributed by atoms with van der Waals surface area (Å²) in [5.74, 6) is 0.956. The molecule has 1 aliphatic carbocycles. The van der Waals surface area contributed by atoms with E-state index in [1.54, 1.807) is 0 Å². The molecular weight excluding hydrogens is 276 g/mol. The SMILES string of the molecule is CCC1CCC(Nc2ccc(Br)nc2C)CC1. The van der Waals surface area contributed by atoms with E-state index >= 15 is 0 Å². The molecule has 0 unspecified atom stereocenters. The number of hydrogen-bond acceptors (Lipinski definition) is 2. The monoisotopic (exact) mass is 296 g/mol. The number of hydrogen-bond donors (Lipinski definition) is 1. The first-order chi connectivity index (χ1) is 8.19. The quantitative estimate of drug-likeness (QED) is 0.829. The molecule has 17 heavy (non-hydrogen) atoms. The number of aryl methyl sites for hydroxylation is 1. The third-order valence-electron chi connectivity index (χ3n) is 3.84. The Kier molecular flexibility index (Phi) is 4.43. The van der Waals surface area contributed by atoms with E-state index in [1.807, 2.05) is 6.07 Å². The van der Waals surface area contributed by atoms with Crippen LogP contribution in [0.4, 0.5) is 5.69 Å². The van der Waals surface area contributed by atoms with Crippen LogP contribution in [0.25, 0.3) is 0 Å². The van der Waals surface area contributed by atoms with Crippen LogP contribution in [0.1, 0.15) is 44.7 Å². The fraction of sp³-hybridized carbons (Fsp3) is 0.643. The minimum Gasteiger partial charge on any atom is -0.381 e. The van der Waals surface area contributed by atoms with Crippen molar-refractivity contribution >= 4 is 21.6 Å². The van der Waals surface area contributed by atoms with Gasteiger partial charge in [-0.05, 0) is 66.6 Å². The van der Waals surface area contributed by atoms with E-state index in [9.17, 15) is 0 Å². The van der Waals surface area contributed by atoms with Crippen LogP contribution in [0.2, 0.25) is 0 Å². The predicted molar refractivity (Wildman–Crippen MR) is 76.3 cm³/mol. The van der Waals surface area contributed by atoms with E-state index in [1.165, 1.54) is 37.8 Å². The van der Waals surface area contributed by atoms with Crippen molar-refractivity contribution in [2.45, 2.75) is 52.0 Å². The summed E-state index contributed by atoms with van der Waals surface area (Å²) < 4.78 is 0.912. The molecule has 3 heteroatoms. The van der Waals surface area contributed by atoms with Crippen LogP contribution >= 0.6 is 15.9 Å². The fourth-order valence-electron chi connectivity index (χ4n) is 2.62. The lowest BCUT2D eigenvalue weighted by Gasteiger charge is -2.29. The number of aromatic nitrogens is 1. The van der Waals surface area contributed by atoms with Crippen molar-refractivity contribution in [2.24, 2.45) is 5.92 Å². The molecule has 1 aromatic heterocycles. The van der Waals surface area contributed by atoms with Gasteiger partial charge in [-0.25, -0.2) is 4.98 Å². The van der Waals surface area contributed by atoms with E-state index in [-0.39, 0.29) is 0 Å². The van der Waals surface area contributed by atoms with Gasteiger partial charge < -0.3 is 5.32 Å². The molecule has 1 heterocycles. The van der Waals surface area contributed by atoms with Crippen LogP contribution in [0.3, 0.4) is 0 Å². The van der Waals surface area contributed by atoms with E-state index in [0.29, 0.717) is 6.04 Å². The Labute approximate surface area is 112 Å². The second-order valence-electron chi connectivity index (χ2n) is 5.04. The van der Waals surface area contributed by atoms with E-state index in [2.05, 4.69) is 46.1 Å². The van der Waals surface area contributed by atoms with Gasteiger partial charge in [-0.15, -0.1) is 0 Å². The molecule has 0 aromatic carbocycles. The van der Waals surface area contributed by atoms with Gasteiger partial charge in [0.25, 0.3) is 0 Å². The maximum atomic E-state index is 4.42. The molecule has 0 atom stereocenters. The molecule has 0 amide bonds. The van der Waals surface area contributed by atoms with Gasteiger partial charge in [0.1, 0.15) is 4.60 Å². The van der Waals surface area contributed by atoms with Crippen molar-refractivity contribution in [3.63, 3.8) is 0 Å². The number of nitrogens with zero attached hydrogens (tertiary/aromatic N) is 1. The largest absolute Gasteiger partial charge is 0.381 e. The molecule has 1 saturated carbocycles. The van der Waals surface area contributed by atoms with E-state index in [4.69, 9.17) is 0 Å². The van der Waals surface area contributed by atoms with Gasteiger partial charge in [-0.2, -0.15) is 0 Å². The van der Waals surface area contributed by atoms with E-state index < -0.39 is 0 Å². The zero-order chi connectivity index (χ0) is 12.3. The van der Waals surface area contributed by atoms with E-state index in [0.717, 1.165) is 16.2 Å². The number of anilines is 1. The Balaban J connectivity index is 1.93. The van der Waals surface area contributed by atoms with Gasteiger partial charge in [0, 0.05) is 6.04 Å². The van der Waals surface area contributed by atoms with Crippen LogP contribution in [0, 0.1) is 12.8 Å². The van der Waals surface area contributed by atoms with Crippen molar-refractivity contribution < 1.29 is 0 Å². The lowest BCUT2D eigenvalue weighted by atomic mass is 9.84. The van der Waals surface area contributed by atoms with Crippen molar-refractivity contribution in [3.05, 3.63) is 22.4 Å². The number of rotatable bonds is 3. The first-order valence-corrected chi connectivity index (χ1v) is 7.38. The Morgan fingerprint density at radius 3 is 2.59 bits per heavy atom. The van der Waals surface area contributed by atoms with Gasteiger partial charge in [0.15, 0.2) is 0 Å². The summed E-state index contributed by atoms with van der Waals surface area (Å²) in [5, 5.41) is 3.64. The Bertz CT molecular complexity index is 370. The van der Waals surface area contributed by atoms with Crippen molar-refractivity contribution in [3.8, 4) is 0 Å². The summed E-state index contributed by atoms with van der Waals surface area (Å²) in [5.41, 5.74) is 2.27. The highest BCUT2D eigenvalue weighted by atomic mass is 79.9. The van der Waals surface area contributed by atoms with Crippen LogP contribution in [0.5, 0.6) is 0 Å². The lowest BCUT2D eigenvalue weighted by Crippen LogP contribution is -2.26. The molecule has 2 rings (SSSR count). The van der Waals surface area contributed by atoms with Crippen LogP contribution < -0.4 is 5.32 Å². The maximum Gasteiger partial charge on any atom is 0.106 e. The smallest absolute Gasteiger partial charge is 0.106 e. The van der Waals surface area contributed by atoms with Crippen molar-refractivity contribution in [1.82, 2.24) is 4.98 Å². The number of pyridine rings is 1. The summed E-state index contributed by atoms with van der Waals surface area (Å²) in [7, 11) is 0. The summed E-state index contributed by atoms with van der Waals surface area (Å²) in [6.07, 6.45) is 6.68. The second kappa shape index (κ2) is 5.85. The van der Waals surface area contributed by atoms with Crippen molar-refractivity contribution in [2.75, 3.05) is 5.32 Å². The van der Waals surface area contributed by atoms with Gasteiger partial charge in [0.05, 0.1) is 11.4 Å². The predicted octanol–water partition coefficient (Wildman–Crippen LogP) is 4.53. The number of halogens is 1. The topological polar surface area (TPSA) is 24.9 Å². The molecule has 0 saturated heterocycles. The third kappa shape index (κ3) is 3.44. The molecule has 0 spiro atoms. The second-order valence-corrected chi connectivity index (χ2v) is 5.85. The normalized spacial score (nSPS) is 24.6. The average Bonchev–Trinajstić information content (AvgIpc) is 2.34. The standard InChI is InChI=1S/C14H21BrN2/c1-3-11-4-6-12(7-5-11)17-13-8-9-14(15)16-10(13)2/h8-9,11-12,17H,3-7H2,1-2H3. The highest BCUT2D eigenvalue weighted by molar-refractivity contribution is 9.10. The van der Waals surface area contributed by atoms with Gasteiger partial charge in [-0.3, -0.25) is 0 Å². The summed E-state index contributed by atoms with van der Waals surface area (Å²) in [6.45, 7) is 4.37. The molecule has 2 nitrogen and oxygen atoms in total. The fourth-order valence-corrected chi connectivity index (χ4v) is 3.02. The van der Waals surface area contributed by atoms with Crippen LogP contribution in [0.15, 0.2) is 16.7 Å². The molecule has 0 radical (unpaired) electrons. The Morgan fingerprint density at radius 1 is 1.29 bits per heavy atom. The molecule has 1 fully saturated rings. The molecule has 0 aliphatic heterocycles. The third-order valence-corrected chi connectivity index (χ3v) is 4.28. The minimum atomic E-state index is 0.638. The Morgan fingerprint density at radius 2 is 2.00 bits per heavy atom. The highest BCUT2D eigenvalue weighted by Gasteiger charge is 2.20. The highest BCUT2D eigenvalue weighted by Crippen LogP contribution is 2.29. The van der Waals surface area contributed by atoms with Crippen LogP contribution in [-0.2, 0) is 0 Å². The molecule has 1 aromatic rings. The maximum absolute atomic E-state index is 4.42. The molecule has 0 bridgehead atoms. The average molecular weight is 297 g/mol. The summed E-state index contributed by atoms with van der Waals surface area (Å²) in [4.78, 5) is 4.42. The zero-order valence-electron chi connectivity index (χ0n) is 10.7. The zero-order valence-corrected chi connectivity index (χ0v) is 12.3. The molecule has 94 valence electrons. The van der Waals surface area contributed by atoms with Gasteiger partial charge in [-0.1, -0.05) is 13.3 Å². The van der Waals surface area contributed by atoms with Gasteiger partial charge >= 0.3 is 0 Å². The minimum absolute atomic E-state index is 0.638. The lowest BCUT2D eigenvalue weighted by molar-refractivity contribution is 0.330. The molecule has 1 N–H and O–H groups in total. The summed E-state index contributed by atoms with van der Waals surface area (Å²) in [6, 6.07) is 4.77. The van der Waals surface area contributed by atoms with Gasteiger partial charge in [0.2, 0.25) is 0 Å². The first kappa shape index (κ1) is 12.9. The first-order valence-electron chi connectivity index (χ1n) is 6.58. The molecule has 1 aliphatic rings. The Hall–Kier alpha value is -0.570. The number of nitrogens with one attached hydrogen (secondary N) is 1. The molecular formula is C14H21BrN2.